The molecular weight excluding hydrogens is 460 g/mol. The second-order valence-corrected chi connectivity index (χ2v) is 10.1. The van der Waals surface area contributed by atoms with Gasteiger partial charge in [0.15, 0.2) is 4.96 Å². The third-order valence-corrected chi connectivity index (χ3v) is 7.03. The number of rotatable bonds is 16. The molecule has 0 bridgehead atoms. The van der Waals surface area contributed by atoms with Gasteiger partial charge in [-0.25, -0.2) is 4.79 Å². The lowest BCUT2D eigenvalue weighted by atomic mass is 10.1. The monoisotopic (exact) mass is 500 g/mol. The number of benzene rings is 1. The molecule has 0 unspecified atom stereocenters. The number of carbonyl (C=O) groups excluding carboxylic acids is 1. The second kappa shape index (κ2) is 14.8. The highest BCUT2D eigenvalue weighted by atomic mass is 32.1. The first kappa shape index (κ1) is 27.1. The summed E-state index contributed by atoms with van der Waals surface area (Å²) in [5, 5.41) is 0. The third kappa shape index (κ3) is 9.21. The predicted octanol–water partition coefficient (Wildman–Crippen LogP) is 8.68. The molecule has 1 aromatic carbocycles. The van der Waals surface area contributed by atoms with E-state index in [9.17, 15) is 4.79 Å². The Balaban J connectivity index is 1.44. The van der Waals surface area contributed by atoms with Crippen LogP contribution in [0.2, 0.25) is 0 Å². The minimum Gasteiger partial charge on any atom is -0.494 e. The van der Waals surface area contributed by atoms with Gasteiger partial charge >= 0.3 is 6.16 Å². The number of hydrogen-bond acceptors (Lipinski definition) is 6. The van der Waals surface area contributed by atoms with Crippen molar-refractivity contribution in [1.29, 1.82) is 0 Å². The first-order valence-electron chi connectivity index (χ1n) is 13.2. The van der Waals surface area contributed by atoms with Gasteiger partial charge in [0, 0.05) is 6.20 Å². The van der Waals surface area contributed by atoms with E-state index in [0.717, 1.165) is 53.4 Å². The van der Waals surface area contributed by atoms with Crippen LogP contribution in [0.25, 0.3) is 15.4 Å². The molecule has 1 atom stereocenters. The summed E-state index contributed by atoms with van der Waals surface area (Å²) < 4.78 is 18.4. The molecule has 7 heteroatoms. The van der Waals surface area contributed by atoms with E-state index in [2.05, 4.69) is 31.0 Å². The van der Waals surface area contributed by atoms with Gasteiger partial charge in [0.1, 0.15) is 11.9 Å². The van der Waals surface area contributed by atoms with E-state index in [-0.39, 0.29) is 12.0 Å². The van der Waals surface area contributed by atoms with Crippen LogP contribution >= 0.6 is 11.3 Å². The zero-order valence-electron chi connectivity index (χ0n) is 21.5. The van der Waals surface area contributed by atoms with Gasteiger partial charge in [0.05, 0.1) is 17.7 Å². The Bertz CT molecular complexity index is 980. The number of carbonyl (C=O) groups is 1. The molecule has 0 N–H and O–H groups in total. The number of unbranched alkanes of at least 4 members (excludes halogenated alkanes) is 8. The third-order valence-electron chi connectivity index (χ3n) is 5.99. The molecule has 6 nitrogen and oxygen atoms in total. The van der Waals surface area contributed by atoms with Crippen molar-refractivity contribution in [3.05, 3.63) is 36.7 Å². The fourth-order valence-electron chi connectivity index (χ4n) is 3.94. The molecule has 3 rings (SSSR count). The smallest absolute Gasteiger partial charge is 0.494 e. The molecule has 0 amide bonds. The van der Waals surface area contributed by atoms with Gasteiger partial charge in [-0.2, -0.15) is 4.98 Å². The van der Waals surface area contributed by atoms with Gasteiger partial charge in [-0.3, -0.25) is 4.40 Å². The Morgan fingerprint density at radius 2 is 1.63 bits per heavy atom. The molecule has 0 aliphatic heterocycles. The molecule has 0 radical (unpaired) electrons. The maximum Gasteiger partial charge on any atom is 0.515 e. The standard InChI is InChI=1S/C28H40N2O4S/c1-4-6-8-10-11-13-19-32-24-17-15-23(16-18-24)25-20-30-21-26(29-27(30)35-25)34-28(31)33-22(3)14-12-9-7-5-2/h15-18,20-22H,4-14,19H2,1-3H3/t22-/m0/s1. The van der Waals surface area contributed by atoms with E-state index in [1.54, 1.807) is 17.5 Å². The highest BCUT2D eigenvalue weighted by Crippen LogP contribution is 2.31. The summed E-state index contributed by atoms with van der Waals surface area (Å²) in [6, 6.07) is 8.17. The summed E-state index contributed by atoms with van der Waals surface area (Å²) in [4.78, 5) is 18.4. The van der Waals surface area contributed by atoms with Crippen molar-refractivity contribution in [2.45, 2.75) is 97.5 Å². The van der Waals surface area contributed by atoms with Crippen molar-refractivity contribution in [2.75, 3.05) is 6.61 Å². The lowest BCUT2D eigenvalue weighted by Crippen LogP contribution is -2.18. The molecule has 0 spiro atoms. The van der Waals surface area contributed by atoms with Crippen LogP contribution in [-0.4, -0.2) is 28.3 Å². The first-order valence-corrected chi connectivity index (χ1v) is 14.0. The predicted molar refractivity (Wildman–Crippen MR) is 143 cm³/mol. The van der Waals surface area contributed by atoms with E-state index in [4.69, 9.17) is 14.2 Å². The Kier molecular flexibility index (Phi) is 11.4. The maximum atomic E-state index is 12.1. The molecule has 2 heterocycles. The highest BCUT2D eigenvalue weighted by molar-refractivity contribution is 7.20. The van der Waals surface area contributed by atoms with Gasteiger partial charge in [-0.1, -0.05) is 76.6 Å². The maximum absolute atomic E-state index is 12.1. The van der Waals surface area contributed by atoms with Gasteiger partial charge in [0.25, 0.3) is 0 Å². The van der Waals surface area contributed by atoms with Crippen LogP contribution in [-0.2, 0) is 4.74 Å². The summed E-state index contributed by atoms with van der Waals surface area (Å²) in [6.45, 7) is 7.08. The molecule has 3 aromatic rings. The van der Waals surface area contributed by atoms with Gasteiger partial charge < -0.3 is 14.2 Å². The highest BCUT2D eigenvalue weighted by Gasteiger charge is 2.15. The Hall–Kier alpha value is -2.54. The van der Waals surface area contributed by atoms with Crippen molar-refractivity contribution in [3.63, 3.8) is 0 Å². The molecule has 0 saturated carbocycles. The molecule has 0 fully saturated rings. The Morgan fingerprint density at radius 1 is 0.943 bits per heavy atom. The molecule has 35 heavy (non-hydrogen) atoms. The molecule has 0 aliphatic rings. The van der Waals surface area contributed by atoms with Crippen LogP contribution in [0.15, 0.2) is 36.7 Å². The molecular formula is C28H40N2O4S. The van der Waals surface area contributed by atoms with E-state index >= 15 is 0 Å². The van der Waals surface area contributed by atoms with Crippen LogP contribution in [0.4, 0.5) is 4.79 Å². The summed E-state index contributed by atoms with van der Waals surface area (Å²) >= 11 is 1.54. The quantitative estimate of drug-likeness (QED) is 0.145. The van der Waals surface area contributed by atoms with Crippen LogP contribution < -0.4 is 9.47 Å². The number of nitrogens with zero attached hydrogens (tertiary/aromatic N) is 2. The Morgan fingerprint density at radius 3 is 2.34 bits per heavy atom. The number of ether oxygens (including phenoxy) is 3. The van der Waals surface area contributed by atoms with Crippen LogP contribution in [0.1, 0.15) is 91.4 Å². The fraction of sp³-hybridized carbons (Fsp3) is 0.571. The van der Waals surface area contributed by atoms with E-state index < -0.39 is 6.16 Å². The second-order valence-electron chi connectivity index (χ2n) is 9.13. The van der Waals surface area contributed by atoms with Crippen molar-refractivity contribution in [3.8, 4) is 22.1 Å². The van der Waals surface area contributed by atoms with Crippen molar-refractivity contribution < 1.29 is 19.0 Å². The lowest BCUT2D eigenvalue weighted by Gasteiger charge is -2.11. The van der Waals surface area contributed by atoms with Gasteiger partial charge in [-0.05, 0) is 56.0 Å². The first-order chi connectivity index (χ1) is 17.1. The average molecular weight is 501 g/mol. The summed E-state index contributed by atoms with van der Waals surface area (Å²) in [6.07, 6.45) is 15.9. The minimum absolute atomic E-state index is 0.160. The molecule has 0 saturated heterocycles. The summed E-state index contributed by atoms with van der Waals surface area (Å²) in [5.41, 5.74) is 1.10. The number of hydrogen-bond donors (Lipinski definition) is 0. The van der Waals surface area contributed by atoms with E-state index in [0.29, 0.717) is 0 Å². The topological polar surface area (TPSA) is 62.1 Å². The molecule has 0 aliphatic carbocycles. The molecule has 2 aromatic heterocycles. The fourth-order valence-corrected chi connectivity index (χ4v) is 4.90. The SMILES string of the molecule is CCCCCCCCOc1ccc(-c2cn3cc(OC(=O)O[C@@H](C)CCCCCC)nc3s2)cc1. The lowest BCUT2D eigenvalue weighted by molar-refractivity contribution is 0.0603. The zero-order valence-corrected chi connectivity index (χ0v) is 22.3. The Labute approximate surface area is 213 Å². The number of aromatic nitrogens is 2. The number of fused-ring (bicyclic) bond motifs is 1. The van der Waals surface area contributed by atoms with Crippen molar-refractivity contribution in [1.82, 2.24) is 9.38 Å². The van der Waals surface area contributed by atoms with Crippen molar-refractivity contribution in [2.24, 2.45) is 0 Å². The van der Waals surface area contributed by atoms with E-state index in [1.807, 2.05) is 29.7 Å². The van der Waals surface area contributed by atoms with E-state index in [1.165, 1.54) is 44.9 Å². The summed E-state index contributed by atoms with van der Waals surface area (Å²) in [5.74, 6) is 1.15. The zero-order chi connectivity index (χ0) is 24.9. The minimum atomic E-state index is -0.699. The number of thiazole rings is 1. The van der Waals surface area contributed by atoms with Crippen LogP contribution in [0, 0.1) is 0 Å². The normalized spacial score (nSPS) is 12.1. The largest absolute Gasteiger partial charge is 0.515 e. The average Bonchev–Trinajstić information content (AvgIpc) is 3.40. The number of imidazole rings is 1. The van der Waals surface area contributed by atoms with Gasteiger partial charge in [-0.15, -0.1) is 0 Å². The van der Waals surface area contributed by atoms with Gasteiger partial charge in [0.2, 0.25) is 5.88 Å². The summed E-state index contributed by atoms with van der Waals surface area (Å²) in [7, 11) is 0. The van der Waals surface area contributed by atoms with Crippen LogP contribution in [0.3, 0.4) is 0 Å². The van der Waals surface area contributed by atoms with Crippen LogP contribution in [0.5, 0.6) is 11.6 Å². The van der Waals surface area contributed by atoms with Crippen molar-refractivity contribution >= 4 is 22.5 Å². The molecule has 192 valence electrons.